The second kappa shape index (κ2) is 7.09. The number of rotatable bonds is 4. The molecule has 4 atom stereocenters. The van der Waals surface area contributed by atoms with Crippen molar-refractivity contribution in [2.75, 3.05) is 32.6 Å². The van der Waals surface area contributed by atoms with Gasteiger partial charge in [0, 0.05) is 24.2 Å². The molecule has 4 rings (SSSR count). The van der Waals surface area contributed by atoms with Gasteiger partial charge in [0.15, 0.2) is 0 Å². The van der Waals surface area contributed by atoms with E-state index in [1.54, 1.807) is 0 Å². The molecule has 0 bridgehead atoms. The minimum absolute atomic E-state index is 0.0160. The standard InChI is InChI=1S/C22H26N2O4/c1-4-14-12-24-10-9-22(17-7-5-6-8-18(17)23-21(22)26)19(24)11-15(14)16(13-27-2)20(25)28-3/h4-8,13-15,19H,1,9-12H2,2-3H3,(H,23,26)/b16-13+/t14-,15-,19-,22-/m0/s1. The molecule has 2 fully saturated rings. The van der Waals surface area contributed by atoms with Crippen molar-refractivity contribution in [3.63, 3.8) is 0 Å². The molecule has 1 amide bonds. The maximum atomic E-state index is 13.2. The van der Waals surface area contributed by atoms with Crippen LogP contribution in [0.2, 0.25) is 0 Å². The van der Waals surface area contributed by atoms with E-state index in [1.807, 2.05) is 24.3 Å². The highest BCUT2D eigenvalue weighted by molar-refractivity contribution is 6.07. The van der Waals surface area contributed by atoms with Crippen LogP contribution in [0.3, 0.4) is 0 Å². The smallest absolute Gasteiger partial charge is 0.337 e. The summed E-state index contributed by atoms with van der Waals surface area (Å²) in [6.07, 6.45) is 4.83. The number of carbonyl (C=O) groups is 2. The molecule has 3 aliphatic rings. The number of ether oxygens (including phenoxy) is 2. The first-order chi connectivity index (χ1) is 13.6. The maximum absolute atomic E-state index is 13.2. The molecule has 3 heterocycles. The van der Waals surface area contributed by atoms with E-state index in [4.69, 9.17) is 9.47 Å². The van der Waals surface area contributed by atoms with E-state index >= 15 is 0 Å². The number of nitrogens with one attached hydrogen (secondary N) is 1. The van der Waals surface area contributed by atoms with Gasteiger partial charge in [0.25, 0.3) is 0 Å². The number of amides is 1. The van der Waals surface area contributed by atoms with Gasteiger partial charge in [-0.25, -0.2) is 4.79 Å². The topological polar surface area (TPSA) is 67.9 Å². The molecule has 3 aliphatic heterocycles. The number of esters is 1. The summed E-state index contributed by atoms with van der Waals surface area (Å²) in [5, 5.41) is 3.07. The Balaban J connectivity index is 1.75. The van der Waals surface area contributed by atoms with E-state index in [-0.39, 0.29) is 23.8 Å². The Labute approximate surface area is 165 Å². The predicted molar refractivity (Wildman–Crippen MR) is 106 cm³/mol. The van der Waals surface area contributed by atoms with E-state index < -0.39 is 11.4 Å². The fourth-order valence-corrected chi connectivity index (χ4v) is 5.38. The number of nitrogens with zero attached hydrogens (tertiary/aromatic N) is 1. The van der Waals surface area contributed by atoms with Crippen molar-refractivity contribution < 1.29 is 19.1 Å². The molecule has 1 N–H and O–H groups in total. The van der Waals surface area contributed by atoms with Crippen LogP contribution in [-0.4, -0.2) is 50.1 Å². The number of benzene rings is 1. The monoisotopic (exact) mass is 382 g/mol. The van der Waals surface area contributed by atoms with Crippen LogP contribution >= 0.6 is 0 Å². The molecule has 1 spiro atoms. The van der Waals surface area contributed by atoms with E-state index in [2.05, 4.69) is 22.9 Å². The van der Waals surface area contributed by atoms with Gasteiger partial charge in [-0.3, -0.25) is 9.69 Å². The Hall–Kier alpha value is -2.60. The van der Waals surface area contributed by atoms with Gasteiger partial charge in [0.2, 0.25) is 5.91 Å². The van der Waals surface area contributed by atoms with Crippen LogP contribution < -0.4 is 5.32 Å². The van der Waals surface area contributed by atoms with E-state index in [9.17, 15) is 9.59 Å². The summed E-state index contributed by atoms with van der Waals surface area (Å²) < 4.78 is 10.2. The Bertz CT molecular complexity index is 849. The Morgan fingerprint density at radius 3 is 2.86 bits per heavy atom. The first-order valence-corrected chi connectivity index (χ1v) is 9.65. The predicted octanol–water partition coefficient (Wildman–Crippen LogP) is 2.48. The van der Waals surface area contributed by atoms with Gasteiger partial charge in [-0.1, -0.05) is 24.3 Å². The summed E-state index contributed by atoms with van der Waals surface area (Å²) in [5.74, 6) is -0.351. The van der Waals surface area contributed by atoms with Crippen LogP contribution in [-0.2, 0) is 24.5 Å². The second-order valence-electron chi connectivity index (χ2n) is 7.77. The summed E-state index contributed by atoms with van der Waals surface area (Å²) in [7, 11) is 2.90. The van der Waals surface area contributed by atoms with Crippen molar-refractivity contribution in [2.24, 2.45) is 11.8 Å². The minimum atomic E-state index is -0.574. The van der Waals surface area contributed by atoms with Crippen LogP contribution in [0, 0.1) is 11.8 Å². The number of hydrogen-bond acceptors (Lipinski definition) is 5. The van der Waals surface area contributed by atoms with Crippen LogP contribution in [0.1, 0.15) is 18.4 Å². The van der Waals surface area contributed by atoms with Crippen LogP contribution in [0.5, 0.6) is 0 Å². The third-order valence-electron chi connectivity index (χ3n) is 6.67. The van der Waals surface area contributed by atoms with Crippen LogP contribution in [0.15, 0.2) is 48.8 Å². The van der Waals surface area contributed by atoms with E-state index in [1.165, 1.54) is 20.5 Å². The number of methoxy groups -OCH3 is 2. The lowest BCUT2D eigenvalue weighted by molar-refractivity contribution is -0.137. The zero-order valence-electron chi connectivity index (χ0n) is 16.3. The number of anilines is 1. The number of piperidine rings is 1. The zero-order chi connectivity index (χ0) is 19.9. The van der Waals surface area contributed by atoms with Gasteiger partial charge in [-0.05, 0) is 36.9 Å². The van der Waals surface area contributed by atoms with Gasteiger partial charge in [0.1, 0.15) is 0 Å². The highest BCUT2D eigenvalue weighted by Gasteiger charge is 2.60. The van der Waals surface area contributed by atoms with Crippen molar-refractivity contribution in [3.05, 3.63) is 54.3 Å². The van der Waals surface area contributed by atoms with Crippen molar-refractivity contribution >= 4 is 17.6 Å². The molecule has 6 heteroatoms. The Morgan fingerprint density at radius 1 is 1.36 bits per heavy atom. The molecule has 2 saturated heterocycles. The second-order valence-corrected chi connectivity index (χ2v) is 7.77. The van der Waals surface area contributed by atoms with Gasteiger partial charge < -0.3 is 14.8 Å². The van der Waals surface area contributed by atoms with E-state index in [0.29, 0.717) is 12.0 Å². The zero-order valence-corrected chi connectivity index (χ0v) is 16.3. The van der Waals surface area contributed by atoms with Crippen molar-refractivity contribution in [2.45, 2.75) is 24.3 Å². The molecule has 1 aromatic rings. The van der Waals surface area contributed by atoms with Gasteiger partial charge in [-0.2, -0.15) is 0 Å². The van der Waals surface area contributed by atoms with Gasteiger partial charge >= 0.3 is 5.97 Å². The summed E-state index contributed by atoms with van der Waals surface area (Å²) in [6.45, 7) is 5.60. The molecule has 6 nitrogen and oxygen atoms in total. The molecule has 0 aromatic heterocycles. The molecular formula is C22H26N2O4. The highest BCUT2D eigenvalue weighted by atomic mass is 16.5. The lowest BCUT2D eigenvalue weighted by Gasteiger charge is -2.44. The first-order valence-electron chi connectivity index (χ1n) is 9.65. The average molecular weight is 382 g/mol. The first kappa shape index (κ1) is 18.7. The molecule has 148 valence electrons. The molecule has 28 heavy (non-hydrogen) atoms. The third-order valence-corrected chi connectivity index (χ3v) is 6.67. The quantitative estimate of drug-likeness (QED) is 0.375. The van der Waals surface area contributed by atoms with E-state index in [0.717, 1.165) is 30.8 Å². The highest BCUT2D eigenvalue weighted by Crippen LogP contribution is 2.52. The molecule has 1 aromatic carbocycles. The Morgan fingerprint density at radius 2 is 2.14 bits per heavy atom. The lowest BCUT2D eigenvalue weighted by Crippen LogP contribution is -2.53. The normalized spacial score (nSPS) is 31.9. The minimum Gasteiger partial charge on any atom is -0.504 e. The molecule has 0 aliphatic carbocycles. The largest absolute Gasteiger partial charge is 0.504 e. The van der Waals surface area contributed by atoms with Crippen LogP contribution in [0.25, 0.3) is 0 Å². The van der Waals surface area contributed by atoms with Gasteiger partial charge in [-0.15, -0.1) is 6.58 Å². The maximum Gasteiger partial charge on any atom is 0.337 e. The number of fused-ring (bicyclic) bond motifs is 4. The lowest BCUT2D eigenvalue weighted by atomic mass is 9.68. The molecule has 0 unspecified atom stereocenters. The fraction of sp³-hybridized carbons (Fsp3) is 0.455. The SMILES string of the molecule is C=C[C@H]1CN2CC[C@@]3(C(=O)Nc4ccccc43)[C@@H]2C[C@@H]1/C(=C\OC)C(=O)OC. The Kier molecular flexibility index (Phi) is 4.75. The molecule has 0 saturated carbocycles. The summed E-state index contributed by atoms with van der Waals surface area (Å²) >= 11 is 0. The van der Waals surface area contributed by atoms with Gasteiger partial charge in [0.05, 0.1) is 31.5 Å². The molecule has 0 radical (unpaired) electrons. The van der Waals surface area contributed by atoms with Crippen molar-refractivity contribution in [3.8, 4) is 0 Å². The van der Waals surface area contributed by atoms with Crippen LogP contribution in [0.4, 0.5) is 5.69 Å². The molecular weight excluding hydrogens is 356 g/mol. The number of hydrogen-bond donors (Lipinski definition) is 1. The summed E-state index contributed by atoms with van der Waals surface area (Å²) in [6, 6.07) is 7.96. The summed E-state index contributed by atoms with van der Waals surface area (Å²) in [4.78, 5) is 28.0. The average Bonchev–Trinajstić information content (AvgIpc) is 3.23. The third kappa shape index (κ3) is 2.58. The number of carbonyl (C=O) groups excluding carboxylic acids is 2. The number of para-hydroxylation sites is 1. The summed E-state index contributed by atoms with van der Waals surface area (Å²) in [5.41, 5.74) is 1.90. The van der Waals surface area contributed by atoms with Crippen molar-refractivity contribution in [1.29, 1.82) is 0 Å². The van der Waals surface area contributed by atoms with Crippen molar-refractivity contribution in [1.82, 2.24) is 4.90 Å². The fourth-order valence-electron chi connectivity index (χ4n) is 5.38.